The minimum Gasteiger partial charge on any atom is -0.478 e. The largest absolute Gasteiger partial charge is 0.478 e. The standard InChI is InChI=1S/C40H44N4O3/c1-39(2)32(28-15-17-29(18-16-28)38(46)47)19-21-40(3)27-43(24-20-35(39)40)37(45)31-12-6-5-11-30(31)36-41-33-13-7-8-14-34(33)44(36)26-25-42-22-9-4-10-23-42/h5-8,11-20H,4,9-10,21-27H2,1-3H3,(H,46,47)/t40-/m1/s1. The van der Waals surface area contributed by atoms with E-state index in [4.69, 9.17) is 4.98 Å². The number of rotatable bonds is 7. The monoisotopic (exact) mass is 628 g/mol. The molecular weight excluding hydrogens is 584 g/mol. The molecule has 0 radical (unpaired) electrons. The highest BCUT2D eigenvalue weighted by atomic mass is 16.4. The van der Waals surface area contributed by atoms with E-state index in [-0.39, 0.29) is 22.3 Å². The Bertz CT molecular complexity index is 1890. The van der Waals surface area contributed by atoms with Gasteiger partial charge in [-0.1, -0.05) is 87.4 Å². The van der Waals surface area contributed by atoms with Crippen LogP contribution in [0.15, 0.2) is 90.5 Å². The number of fused-ring (bicyclic) bond motifs is 2. The molecule has 0 bridgehead atoms. The lowest BCUT2D eigenvalue weighted by molar-refractivity contribution is 0.0679. The Balaban J connectivity index is 1.18. The maximum Gasteiger partial charge on any atom is 0.335 e. The predicted molar refractivity (Wildman–Crippen MR) is 187 cm³/mol. The molecule has 47 heavy (non-hydrogen) atoms. The van der Waals surface area contributed by atoms with Crippen molar-refractivity contribution in [2.75, 3.05) is 32.7 Å². The number of aromatic carboxylic acids is 1. The normalized spacial score (nSPS) is 21.2. The molecule has 1 fully saturated rings. The lowest BCUT2D eigenvalue weighted by atomic mass is 9.58. The summed E-state index contributed by atoms with van der Waals surface area (Å²) in [7, 11) is 0. The number of carbonyl (C=O) groups excluding carboxylic acids is 1. The van der Waals surface area contributed by atoms with E-state index in [2.05, 4.69) is 60.6 Å². The maximum atomic E-state index is 14.5. The second kappa shape index (κ2) is 12.3. The van der Waals surface area contributed by atoms with Gasteiger partial charge < -0.3 is 19.5 Å². The number of piperidine rings is 1. The summed E-state index contributed by atoms with van der Waals surface area (Å²) in [5, 5.41) is 9.37. The van der Waals surface area contributed by atoms with Gasteiger partial charge >= 0.3 is 5.97 Å². The van der Waals surface area contributed by atoms with E-state index >= 15 is 0 Å². The van der Waals surface area contributed by atoms with E-state index in [0.717, 1.165) is 60.6 Å². The molecular formula is C40H44N4O3. The zero-order valence-electron chi connectivity index (χ0n) is 27.7. The molecule has 0 unspecified atom stereocenters. The third kappa shape index (κ3) is 5.71. The molecule has 4 aromatic rings. The van der Waals surface area contributed by atoms with Crippen molar-refractivity contribution in [1.29, 1.82) is 0 Å². The first-order valence-corrected chi connectivity index (χ1v) is 17.0. The van der Waals surface area contributed by atoms with Gasteiger partial charge in [-0.05, 0) is 73.8 Å². The van der Waals surface area contributed by atoms with Crippen LogP contribution in [-0.2, 0) is 6.54 Å². The number of nitrogens with zero attached hydrogens (tertiary/aromatic N) is 4. The van der Waals surface area contributed by atoms with E-state index in [1.165, 1.54) is 30.4 Å². The number of imidazole rings is 1. The first-order valence-electron chi connectivity index (χ1n) is 17.0. The number of likely N-dealkylation sites (tertiary alicyclic amines) is 1. The molecule has 0 spiro atoms. The minimum atomic E-state index is -0.919. The predicted octanol–water partition coefficient (Wildman–Crippen LogP) is 7.79. The molecule has 1 aromatic heterocycles. The molecule has 7 heteroatoms. The minimum absolute atomic E-state index is 0.0311. The number of carbonyl (C=O) groups is 2. The van der Waals surface area contributed by atoms with Crippen LogP contribution in [0.1, 0.15) is 72.7 Å². The summed E-state index contributed by atoms with van der Waals surface area (Å²) in [6.45, 7) is 12.0. The van der Waals surface area contributed by atoms with Crippen LogP contribution in [0.3, 0.4) is 0 Å². The molecule has 7 nitrogen and oxygen atoms in total. The van der Waals surface area contributed by atoms with Crippen molar-refractivity contribution in [1.82, 2.24) is 19.4 Å². The van der Waals surface area contributed by atoms with Crippen molar-refractivity contribution >= 4 is 28.5 Å². The van der Waals surface area contributed by atoms with Crippen molar-refractivity contribution in [3.05, 3.63) is 107 Å². The topological polar surface area (TPSA) is 78.7 Å². The van der Waals surface area contributed by atoms with E-state index in [1.54, 1.807) is 12.1 Å². The molecule has 1 N–H and O–H groups in total. The number of benzene rings is 3. The van der Waals surface area contributed by atoms with Gasteiger partial charge in [0.25, 0.3) is 5.91 Å². The van der Waals surface area contributed by atoms with Crippen molar-refractivity contribution in [3.63, 3.8) is 0 Å². The van der Waals surface area contributed by atoms with Gasteiger partial charge in [0.15, 0.2) is 0 Å². The van der Waals surface area contributed by atoms with Crippen LogP contribution in [0.25, 0.3) is 28.0 Å². The Hall–Kier alpha value is -4.49. The summed E-state index contributed by atoms with van der Waals surface area (Å²) in [5.41, 5.74) is 7.01. The van der Waals surface area contributed by atoms with Crippen LogP contribution in [0.4, 0.5) is 0 Å². The first kappa shape index (κ1) is 31.1. The summed E-state index contributed by atoms with van der Waals surface area (Å²) in [6.07, 6.45) is 9.18. The number of aromatic nitrogens is 2. The lowest BCUT2D eigenvalue weighted by Gasteiger charge is -2.50. The third-order valence-electron chi connectivity index (χ3n) is 10.7. The highest BCUT2D eigenvalue weighted by Gasteiger charge is 2.46. The second-order valence-corrected chi connectivity index (χ2v) is 14.2. The molecule has 3 aromatic carbocycles. The van der Waals surface area contributed by atoms with Gasteiger partial charge in [-0.3, -0.25) is 4.79 Å². The highest BCUT2D eigenvalue weighted by Crippen LogP contribution is 2.55. The van der Waals surface area contributed by atoms with Crippen molar-refractivity contribution in [2.24, 2.45) is 10.8 Å². The average Bonchev–Trinajstić information content (AvgIpc) is 3.45. The zero-order chi connectivity index (χ0) is 32.8. The number of allylic oxidation sites excluding steroid dienone is 2. The van der Waals surface area contributed by atoms with E-state index in [1.807, 2.05) is 47.4 Å². The van der Waals surface area contributed by atoms with E-state index in [9.17, 15) is 14.7 Å². The maximum absolute atomic E-state index is 14.5. The van der Waals surface area contributed by atoms with Crippen LogP contribution in [0.5, 0.6) is 0 Å². The molecule has 0 saturated carbocycles. The molecule has 1 aliphatic carbocycles. The Morgan fingerprint density at radius 3 is 2.34 bits per heavy atom. The molecule has 7 rings (SSSR count). The molecule has 1 saturated heterocycles. The molecule has 242 valence electrons. The fraction of sp³-hybridized carbons (Fsp3) is 0.375. The number of hydrogen-bond acceptors (Lipinski definition) is 4. The van der Waals surface area contributed by atoms with Gasteiger partial charge in [0.2, 0.25) is 0 Å². The summed E-state index contributed by atoms with van der Waals surface area (Å²) >= 11 is 0. The Labute approximate surface area is 277 Å². The van der Waals surface area contributed by atoms with E-state index in [0.29, 0.717) is 18.7 Å². The average molecular weight is 629 g/mol. The lowest BCUT2D eigenvalue weighted by Crippen LogP contribution is -2.48. The highest BCUT2D eigenvalue weighted by molar-refractivity contribution is 6.01. The van der Waals surface area contributed by atoms with Gasteiger partial charge in [-0.25, -0.2) is 9.78 Å². The summed E-state index contributed by atoms with van der Waals surface area (Å²) in [4.78, 5) is 35.5. The van der Waals surface area contributed by atoms with Crippen LogP contribution < -0.4 is 0 Å². The summed E-state index contributed by atoms with van der Waals surface area (Å²) in [6, 6.07) is 23.4. The van der Waals surface area contributed by atoms with Crippen molar-refractivity contribution in [2.45, 2.75) is 53.0 Å². The molecule has 1 amide bonds. The van der Waals surface area contributed by atoms with Gasteiger partial charge in [0, 0.05) is 42.6 Å². The molecule has 1 atom stereocenters. The van der Waals surface area contributed by atoms with Crippen LogP contribution in [-0.4, -0.2) is 69.1 Å². The van der Waals surface area contributed by atoms with Gasteiger partial charge in [-0.15, -0.1) is 0 Å². The zero-order valence-corrected chi connectivity index (χ0v) is 27.7. The fourth-order valence-electron chi connectivity index (χ4n) is 8.32. The number of amides is 1. The number of carboxylic acids is 1. The number of hydrogen-bond donors (Lipinski definition) is 1. The third-order valence-corrected chi connectivity index (χ3v) is 10.7. The molecule has 3 aliphatic rings. The van der Waals surface area contributed by atoms with Crippen LogP contribution in [0.2, 0.25) is 0 Å². The summed E-state index contributed by atoms with van der Waals surface area (Å²) in [5.74, 6) is -0.0347. The molecule has 3 heterocycles. The van der Waals surface area contributed by atoms with Gasteiger partial charge in [0.1, 0.15) is 5.82 Å². The Kier molecular flexibility index (Phi) is 8.13. The number of para-hydroxylation sites is 2. The summed E-state index contributed by atoms with van der Waals surface area (Å²) < 4.78 is 2.31. The van der Waals surface area contributed by atoms with Crippen LogP contribution >= 0.6 is 0 Å². The van der Waals surface area contributed by atoms with Gasteiger partial charge in [0.05, 0.1) is 22.2 Å². The Morgan fingerprint density at radius 2 is 1.57 bits per heavy atom. The van der Waals surface area contributed by atoms with Crippen LogP contribution in [0, 0.1) is 10.8 Å². The smallest absolute Gasteiger partial charge is 0.335 e. The first-order chi connectivity index (χ1) is 22.7. The number of carboxylic acid groups (broad SMARTS) is 1. The quantitative estimate of drug-likeness (QED) is 0.212. The van der Waals surface area contributed by atoms with Gasteiger partial charge in [-0.2, -0.15) is 0 Å². The van der Waals surface area contributed by atoms with E-state index < -0.39 is 5.97 Å². The second-order valence-electron chi connectivity index (χ2n) is 14.2. The fourth-order valence-corrected chi connectivity index (χ4v) is 8.32. The Morgan fingerprint density at radius 1 is 0.851 bits per heavy atom. The van der Waals surface area contributed by atoms with Crippen molar-refractivity contribution < 1.29 is 14.7 Å². The molecule has 2 aliphatic heterocycles. The SMILES string of the molecule is CC1(C)C(c2ccc(C(=O)O)cc2)=CC[C@]2(C)CN(C(=O)c3ccccc3-c3nc4ccccc4n3CCN3CCCCC3)CC=C12. The van der Waals surface area contributed by atoms with Crippen molar-refractivity contribution in [3.8, 4) is 11.4 Å².